The number of urea groups is 1. The first-order chi connectivity index (χ1) is 11.7. The number of hydrogen-bond acceptors (Lipinski definition) is 2. The summed E-state index contributed by atoms with van der Waals surface area (Å²) in [5.41, 5.74) is 0.112. The lowest BCUT2D eigenvalue weighted by molar-refractivity contribution is 0.0761. The quantitative estimate of drug-likeness (QED) is 0.889. The van der Waals surface area contributed by atoms with Gasteiger partial charge in [0.25, 0.3) is 5.91 Å². The fraction of sp³-hybridized carbons (Fsp3) is 0.556. The summed E-state index contributed by atoms with van der Waals surface area (Å²) < 4.78 is 26.3. The van der Waals surface area contributed by atoms with Crippen LogP contribution in [-0.4, -0.2) is 54.5 Å². The summed E-state index contributed by atoms with van der Waals surface area (Å²) in [5.74, 6) is -2.37. The van der Waals surface area contributed by atoms with E-state index in [2.05, 4.69) is 5.32 Å². The minimum atomic E-state index is -1.04. The smallest absolute Gasteiger partial charge is 0.317 e. The molecule has 1 aromatic carbocycles. The molecule has 0 atom stereocenters. The van der Waals surface area contributed by atoms with Crippen molar-refractivity contribution in [2.75, 3.05) is 32.7 Å². The van der Waals surface area contributed by atoms with Gasteiger partial charge >= 0.3 is 6.03 Å². The summed E-state index contributed by atoms with van der Waals surface area (Å²) in [7, 11) is 0. The number of benzene rings is 1. The molecule has 25 heavy (non-hydrogen) atoms. The fourth-order valence-corrected chi connectivity index (χ4v) is 2.59. The van der Waals surface area contributed by atoms with Gasteiger partial charge in [-0.05, 0) is 30.0 Å². The molecule has 1 aromatic rings. The predicted molar refractivity (Wildman–Crippen MR) is 91.3 cm³/mol. The van der Waals surface area contributed by atoms with E-state index in [0.717, 1.165) is 12.1 Å². The Morgan fingerprint density at radius 3 is 2.32 bits per heavy atom. The number of nitrogens with zero attached hydrogens (tertiary/aromatic N) is 2. The minimum Gasteiger partial charge on any atom is -0.337 e. The van der Waals surface area contributed by atoms with Gasteiger partial charge in [0.1, 0.15) is 0 Å². The molecule has 7 heteroatoms. The third-order valence-electron chi connectivity index (χ3n) is 4.01. The van der Waals surface area contributed by atoms with Crippen molar-refractivity contribution in [1.82, 2.24) is 15.1 Å². The van der Waals surface area contributed by atoms with E-state index in [1.54, 1.807) is 9.80 Å². The molecule has 3 amide bonds. The molecular weight excluding hydrogens is 328 g/mol. The molecule has 0 spiro atoms. The monoisotopic (exact) mass is 353 g/mol. The van der Waals surface area contributed by atoms with Gasteiger partial charge in [0, 0.05) is 38.3 Å². The molecule has 138 valence electrons. The van der Waals surface area contributed by atoms with Crippen LogP contribution in [0.2, 0.25) is 0 Å². The Kier molecular flexibility index (Phi) is 5.98. The Hall–Kier alpha value is -2.18. The highest BCUT2D eigenvalue weighted by Gasteiger charge is 2.24. The molecule has 0 bridgehead atoms. The summed E-state index contributed by atoms with van der Waals surface area (Å²) >= 11 is 0. The zero-order chi connectivity index (χ0) is 18.6. The van der Waals surface area contributed by atoms with Crippen LogP contribution in [0.1, 0.15) is 37.6 Å². The molecule has 0 aliphatic carbocycles. The van der Waals surface area contributed by atoms with E-state index in [0.29, 0.717) is 39.1 Å². The first-order valence-electron chi connectivity index (χ1n) is 8.44. The molecule has 0 unspecified atom stereocenters. The van der Waals surface area contributed by atoms with Crippen LogP contribution in [0, 0.1) is 17.0 Å². The van der Waals surface area contributed by atoms with Crippen LogP contribution >= 0.6 is 0 Å². The molecule has 1 saturated heterocycles. The van der Waals surface area contributed by atoms with E-state index in [4.69, 9.17) is 0 Å². The number of halogens is 2. The van der Waals surface area contributed by atoms with Crippen molar-refractivity contribution in [3.8, 4) is 0 Å². The van der Waals surface area contributed by atoms with Gasteiger partial charge in [0.2, 0.25) is 0 Å². The second-order valence-electron chi connectivity index (χ2n) is 7.48. The van der Waals surface area contributed by atoms with Crippen LogP contribution in [0.3, 0.4) is 0 Å². The lowest BCUT2D eigenvalue weighted by Crippen LogP contribution is -2.44. The van der Waals surface area contributed by atoms with Gasteiger partial charge in [-0.15, -0.1) is 0 Å². The summed E-state index contributed by atoms with van der Waals surface area (Å²) in [6.45, 7) is 8.48. The standard InChI is InChI=1S/C18H25F2N3O2/c1-18(2,3)12-21-17(25)23-8-4-7-22(9-10-23)16(24)13-5-6-14(19)15(20)11-13/h5-6,11H,4,7-10,12H2,1-3H3,(H,21,25). The number of rotatable bonds is 2. The van der Waals surface area contributed by atoms with Crippen molar-refractivity contribution < 1.29 is 18.4 Å². The zero-order valence-electron chi connectivity index (χ0n) is 14.9. The maximum Gasteiger partial charge on any atom is 0.317 e. The van der Waals surface area contributed by atoms with Gasteiger partial charge in [-0.1, -0.05) is 20.8 Å². The highest BCUT2D eigenvalue weighted by Crippen LogP contribution is 2.14. The van der Waals surface area contributed by atoms with Crippen LogP contribution < -0.4 is 5.32 Å². The molecule has 0 saturated carbocycles. The van der Waals surface area contributed by atoms with E-state index < -0.39 is 11.6 Å². The van der Waals surface area contributed by atoms with Gasteiger partial charge in [-0.3, -0.25) is 4.79 Å². The van der Waals surface area contributed by atoms with Gasteiger partial charge in [0.15, 0.2) is 11.6 Å². The molecule has 5 nitrogen and oxygen atoms in total. The highest BCUT2D eigenvalue weighted by molar-refractivity contribution is 5.94. The van der Waals surface area contributed by atoms with E-state index >= 15 is 0 Å². The maximum atomic E-state index is 13.3. The van der Waals surface area contributed by atoms with Gasteiger partial charge in [-0.2, -0.15) is 0 Å². The topological polar surface area (TPSA) is 52.7 Å². The zero-order valence-corrected chi connectivity index (χ0v) is 14.9. The number of amides is 3. The van der Waals surface area contributed by atoms with Crippen molar-refractivity contribution in [3.05, 3.63) is 35.4 Å². The SMILES string of the molecule is CC(C)(C)CNC(=O)N1CCCN(C(=O)c2ccc(F)c(F)c2)CC1. The average Bonchev–Trinajstić information content (AvgIpc) is 2.80. The molecule has 0 aromatic heterocycles. The first kappa shape index (κ1) is 19.1. The molecular formula is C18H25F2N3O2. The maximum absolute atomic E-state index is 13.3. The Morgan fingerprint density at radius 2 is 1.68 bits per heavy atom. The number of hydrogen-bond donors (Lipinski definition) is 1. The molecule has 0 radical (unpaired) electrons. The van der Waals surface area contributed by atoms with Crippen LogP contribution in [0.4, 0.5) is 13.6 Å². The molecule has 2 rings (SSSR count). The second kappa shape index (κ2) is 7.80. The van der Waals surface area contributed by atoms with Crippen LogP contribution in [-0.2, 0) is 0 Å². The highest BCUT2D eigenvalue weighted by atomic mass is 19.2. The molecule has 1 aliphatic heterocycles. The minimum absolute atomic E-state index is 0.00380. The fourth-order valence-electron chi connectivity index (χ4n) is 2.59. The van der Waals surface area contributed by atoms with Crippen molar-refractivity contribution >= 4 is 11.9 Å². The van der Waals surface area contributed by atoms with Crippen molar-refractivity contribution in [1.29, 1.82) is 0 Å². The summed E-state index contributed by atoms with van der Waals surface area (Å²) in [4.78, 5) is 28.0. The van der Waals surface area contributed by atoms with Crippen LogP contribution in [0.25, 0.3) is 0 Å². The van der Waals surface area contributed by atoms with Crippen molar-refractivity contribution in [3.63, 3.8) is 0 Å². The summed E-state index contributed by atoms with van der Waals surface area (Å²) in [6.07, 6.45) is 0.637. The third kappa shape index (κ3) is 5.41. The Balaban J connectivity index is 1.95. The van der Waals surface area contributed by atoms with Gasteiger partial charge in [0.05, 0.1) is 0 Å². The normalized spacial score (nSPS) is 15.7. The molecule has 1 N–H and O–H groups in total. The van der Waals surface area contributed by atoms with Crippen LogP contribution in [0.5, 0.6) is 0 Å². The Morgan fingerprint density at radius 1 is 1.04 bits per heavy atom. The lowest BCUT2D eigenvalue weighted by atomic mass is 9.97. The van der Waals surface area contributed by atoms with Crippen molar-refractivity contribution in [2.45, 2.75) is 27.2 Å². The average molecular weight is 353 g/mol. The predicted octanol–water partition coefficient (Wildman–Crippen LogP) is 2.87. The van der Waals surface area contributed by atoms with Gasteiger partial charge in [-0.25, -0.2) is 13.6 Å². The molecule has 1 fully saturated rings. The van der Waals surface area contributed by atoms with Crippen LogP contribution in [0.15, 0.2) is 18.2 Å². The largest absolute Gasteiger partial charge is 0.337 e. The first-order valence-corrected chi connectivity index (χ1v) is 8.44. The number of nitrogens with one attached hydrogen (secondary N) is 1. The Labute approximate surface area is 147 Å². The third-order valence-corrected chi connectivity index (χ3v) is 4.01. The van der Waals surface area contributed by atoms with Crippen molar-refractivity contribution in [2.24, 2.45) is 5.41 Å². The van der Waals surface area contributed by atoms with E-state index in [-0.39, 0.29) is 22.9 Å². The molecule has 1 heterocycles. The van der Waals surface area contributed by atoms with E-state index in [1.807, 2.05) is 20.8 Å². The van der Waals surface area contributed by atoms with E-state index in [1.165, 1.54) is 6.07 Å². The Bertz CT molecular complexity index is 644. The second-order valence-corrected chi connectivity index (χ2v) is 7.48. The summed E-state index contributed by atoms with van der Waals surface area (Å²) in [6, 6.07) is 3.00. The summed E-state index contributed by atoms with van der Waals surface area (Å²) in [5, 5.41) is 2.90. The van der Waals surface area contributed by atoms with E-state index in [9.17, 15) is 18.4 Å². The lowest BCUT2D eigenvalue weighted by Gasteiger charge is -2.25. The number of carbonyl (C=O) groups is 2. The number of carbonyl (C=O) groups excluding carboxylic acids is 2. The van der Waals surface area contributed by atoms with Gasteiger partial charge < -0.3 is 15.1 Å². The molecule has 1 aliphatic rings.